The third kappa shape index (κ3) is 5.09. The van der Waals surface area contributed by atoms with Crippen molar-refractivity contribution >= 4 is 28.9 Å². The number of carbonyl (C=O) groups excluding carboxylic acids is 2. The number of ether oxygens (including phenoxy) is 2. The average Bonchev–Trinajstić information content (AvgIpc) is 3.19. The second kappa shape index (κ2) is 9.38. The minimum absolute atomic E-state index is 0.0523. The number of rotatable bonds is 2. The number of amides is 2. The van der Waals surface area contributed by atoms with Gasteiger partial charge in [0.15, 0.2) is 0 Å². The van der Waals surface area contributed by atoms with Gasteiger partial charge in [0.05, 0.1) is 17.1 Å². The van der Waals surface area contributed by atoms with Crippen LogP contribution in [0.1, 0.15) is 51.8 Å². The summed E-state index contributed by atoms with van der Waals surface area (Å²) < 4.78 is 68.0. The van der Waals surface area contributed by atoms with Crippen LogP contribution in [0, 0.1) is 11.7 Å². The van der Waals surface area contributed by atoms with E-state index in [1.807, 2.05) is 6.92 Å². The maximum Gasteiger partial charge on any atom is 0.430 e. The predicted octanol–water partition coefficient (Wildman–Crippen LogP) is 6.22. The van der Waals surface area contributed by atoms with E-state index < -0.39 is 35.9 Å². The topological polar surface area (TPSA) is 98.6 Å². The van der Waals surface area contributed by atoms with Crippen LogP contribution in [-0.4, -0.2) is 56.7 Å². The molecule has 208 valence electrons. The Hall–Kier alpha value is -3.90. The van der Waals surface area contributed by atoms with Crippen LogP contribution in [0.25, 0.3) is 22.2 Å². The van der Waals surface area contributed by atoms with Crippen molar-refractivity contribution in [1.82, 2.24) is 19.7 Å². The number of nitrogens with one attached hydrogen (secondary N) is 1. The van der Waals surface area contributed by atoms with E-state index in [9.17, 15) is 27.2 Å². The average molecular weight is 550 g/mol. The van der Waals surface area contributed by atoms with E-state index in [4.69, 9.17) is 9.84 Å². The Labute approximate surface area is 221 Å². The molecule has 9 nitrogen and oxygen atoms in total. The van der Waals surface area contributed by atoms with Crippen LogP contribution in [-0.2, 0) is 9.47 Å². The lowest BCUT2D eigenvalue weighted by molar-refractivity contribution is -0.206. The van der Waals surface area contributed by atoms with Gasteiger partial charge in [0.1, 0.15) is 22.9 Å². The van der Waals surface area contributed by atoms with E-state index in [-0.39, 0.29) is 34.6 Å². The number of likely N-dealkylation sites (tertiary alicyclic amines) is 1. The van der Waals surface area contributed by atoms with Crippen molar-refractivity contribution in [1.29, 1.82) is 0 Å². The first kappa shape index (κ1) is 26.7. The summed E-state index contributed by atoms with van der Waals surface area (Å²) in [6.45, 7) is 7.98. The van der Waals surface area contributed by atoms with E-state index in [0.29, 0.717) is 30.4 Å². The number of piperidine rings is 1. The molecule has 0 saturated carbocycles. The quantitative estimate of drug-likeness (QED) is 0.381. The number of cyclic esters (lactones) is 1. The van der Waals surface area contributed by atoms with Crippen LogP contribution in [0.2, 0.25) is 0 Å². The number of alkyl halides is 3. The van der Waals surface area contributed by atoms with Gasteiger partial charge in [-0.15, -0.1) is 0 Å². The van der Waals surface area contributed by atoms with Crippen LogP contribution in [0.15, 0.2) is 30.5 Å². The predicted molar refractivity (Wildman–Crippen MR) is 132 cm³/mol. The number of hydrogen-bond donors (Lipinski definition) is 1. The Bertz CT molecular complexity index is 1450. The van der Waals surface area contributed by atoms with Crippen molar-refractivity contribution in [3.63, 3.8) is 0 Å². The minimum Gasteiger partial charge on any atom is -0.444 e. The zero-order chi connectivity index (χ0) is 28.3. The molecule has 39 heavy (non-hydrogen) atoms. The van der Waals surface area contributed by atoms with E-state index in [1.54, 1.807) is 30.4 Å². The summed E-state index contributed by atoms with van der Waals surface area (Å²) in [6.07, 6.45) is -7.43. The molecule has 0 spiro atoms. The second-order valence-electron chi connectivity index (χ2n) is 10.8. The van der Waals surface area contributed by atoms with E-state index in [0.717, 1.165) is 0 Å². The molecule has 2 aromatic heterocycles. The number of benzene rings is 1. The highest BCUT2D eigenvalue weighted by Gasteiger charge is 2.49. The fourth-order valence-corrected chi connectivity index (χ4v) is 5.12. The standard InChI is InChI=1S/C26H27F4N5O4/c1-13-12-34(24(37)39-25(2,3)4)10-8-17(13)35-18-11-14(27)5-6-15(18)20(33-35)16-7-9-31-22-19(16)21(26(28,29)30)38-23(36)32-22/h5-7,9,11,13,17,21H,8,10,12H2,1-4H3,(H,31,32,36)/t13-,17+,21-/m1/s1. The monoisotopic (exact) mass is 549 g/mol. The summed E-state index contributed by atoms with van der Waals surface area (Å²) in [4.78, 5) is 29.9. The summed E-state index contributed by atoms with van der Waals surface area (Å²) in [5, 5.41) is 7.34. The number of aromatic nitrogens is 3. The molecule has 1 N–H and O–H groups in total. The molecule has 1 fully saturated rings. The molecule has 1 saturated heterocycles. The highest BCUT2D eigenvalue weighted by atomic mass is 19.4. The zero-order valence-electron chi connectivity index (χ0n) is 21.7. The Morgan fingerprint density at radius 3 is 2.62 bits per heavy atom. The largest absolute Gasteiger partial charge is 0.444 e. The van der Waals surface area contributed by atoms with Gasteiger partial charge in [-0.2, -0.15) is 18.3 Å². The molecule has 2 aliphatic rings. The third-order valence-corrected chi connectivity index (χ3v) is 6.75. The lowest BCUT2D eigenvalue weighted by Crippen LogP contribution is -2.45. The number of nitrogens with zero attached hydrogens (tertiary/aromatic N) is 4. The highest BCUT2D eigenvalue weighted by Crippen LogP contribution is 2.47. The van der Waals surface area contributed by atoms with Gasteiger partial charge in [0, 0.05) is 30.2 Å². The number of halogens is 4. The van der Waals surface area contributed by atoms with Crippen LogP contribution >= 0.6 is 0 Å². The lowest BCUT2D eigenvalue weighted by atomic mass is 9.94. The smallest absolute Gasteiger partial charge is 0.430 e. The van der Waals surface area contributed by atoms with E-state index >= 15 is 0 Å². The van der Waals surface area contributed by atoms with Crippen molar-refractivity contribution in [3.8, 4) is 11.3 Å². The fourth-order valence-electron chi connectivity index (χ4n) is 5.12. The molecule has 3 aromatic rings. The Morgan fingerprint density at radius 1 is 1.21 bits per heavy atom. The maximum atomic E-state index is 14.4. The molecule has 2 amide bonds. The molecule has 0 bridgehead atoms. The van der Waals surface area contributed by atoms with Gasteiger partial charge < -0.3 is 14.4 Å². The second-order valence-corrected chi connectivity index (χ2v) is 10.8. The minimum atomic E-state index is -4.90. The van der Waals surface area contributed by atoms with Crippen molar-refractivity contribution in [2.24, 2.45) is 5.92 Å². The van der Waals surface area contributed by atoms with Gasteiger partial charge in [-0.3, -0.25) is 10.00 Å². The van der Waals surface area contributed by atoms with Crippen LogP contribution in [0.3, 0.4) is 0 Å². The molecule has 0 unspecified atom stereocenters. The van der Waals surface area contributed by atoms with Crippen molar-refractivity contribution in [3.05, 3.63) is 41.8 Å². The Morgan fingerprint density at radius 2 is 1.95 bits per heavy atom. The number of pyridine rings is 1. The number of hydrogen-bond acceptors (Lipinski definition) is 6. The molecular weight excluding hydrogens is 522 g/mol. The van der Waals surface area contributed by atoms with Gasteiger partial charge in [-0.05, 0) is 57.4 Å². The van der Waals surface area contributed by atoms with Gasteiger partial charge in [-0.25, -0.2) is 19.0 Å². The molecule has 5 rings (SSSR count). The molecule has 13 heteroatoms. The first-order valence-corrected chi connectivity index (χ1v) is 12.4. The molecule has 3 atom stereocenters. The zero-order valence-corrected chi connectivity index (χ0v) is 21.7. The fraction of sp³-hybridized carbons (Fsp3) is 0.462. The summed E-state index contributed by atoms with van der Waals surface area (Å²) >= 11 is 0. The number of carbonyl (C=O) groups is 2. The molecular formula is C26H27F4N5O4. The number of fused-ring (bicyclic) bond motifs is 2. The number of anilines is 1. The third-order valence-electron chi connectivity index (χ3n) is 6.75. The summed E-state index contributed by atoms with van der Waals surface area (Å²) in [6, 6.07) is 5.03. The van der Waals surface area contributed by atoms with Crippen molar-refractivity contribution < 1.29 is 36.6 Å². The Balaban J connectivity index is 1.58. The van der Waals surface area contributed by atoms with Gasteiger partial charge in [0.2, 0.25) is 6.10 Å². The van der Waals surface area contributed by atoms with Crippen molar-refractivity contribution in [2.45, 2.75) is 58.0 Å². The van der Waals surface area contributed by atoms with E-state index in [2.05, 4.69) is 15.0 Å². The first-order valence-electron chi connectivity index (χ1n) is 12.4. The summed E-state index contributed by atoms with van der Waals surface area (Å²) in [7, 11) is 0. The molecule has 1 aromatic carbocycles. The Kier molecular flexibility index (Phi) is 6.42. The molecule has 0 radical (unpaired) electrons. The van der Waals surface area contributed by atoms with Gasteiger partial charge in [-0.1, -0.05) is 6.92 Å². The summed E-state index contributed by atoms with van der Waals surface area (Å²) in [5.74, 6) is -0.952. The SMILES string of the molecule is C[C@@H]1CN(C(=O)OC(C)(C)C)CC[C@@H]1n1nc(-c2ccnc3c2[C@H](C(F)(F)F)OC(=O)N3)c2ccc(F)cc21. The highest BCUT2D eigenvalue weighted by molar-refractivity contribution is 5.97. The maximum absolute atomic E-state index is 14.4. The molecule has 2 aliphatic heterocycles. The van der Waals surface area contributed by atoms with Crippen LogP contribution in [0.5, 0.6) is 0 Å². The normalized spacial score (nSPS) is 21.8. The van der Waals surface area contributed by atoms with E-state index in [1.165, 1.54) is 30.5 Å². The van der Waals surface area contributed by atoms with Crippen LogP contribution < -0.4 is 5.32 Å². The van der Waals surface area contributed by atoms with Gasteiger partial charge >= 0.3 is 18.4 Å². The molecule has 4 heterocycles. The summed E-state index contributed by atoms with van der Waals surface area (Å²) in [5.41, 5.74) is -0.421. The first-order chi connectivity index (χ1) is 18.2. The van der Waals surface area contributed by atoms with Crippen molar-refractivity contribution in [2.75, 3.05) is 18.4 Å². The lowest BCUT2D eigenvalue weighted by Gasteiger charge is -2.37. The molecule has 0 aliphatic carbocycles. The van der Waals surface area contributed by atoms with Gasteiger partial charge in [0.25, 0.3) is 0 Å². The van der Waals surface area contributed by atoms with Crippen LogP contribution in [0.4, 0.5) is 33.0 Å².